The van der Waals surface area contributed by atoms with Gasteiger partial charge in [0.2, 0.25) is 0 Å². The van der Waals surface area contributed by atoms with Crippen LogP contribution in [0.15, 0.2) is 47.2 Å². The highest BCUT2D eigenvalue weighted by atomic mass is 35.5. The highest BCUT2D eigenvalue weighted by Crippen LogP contribution is 2.28. The normalized spacial score (nSPS) is 10.9. The Bertz CT molecular complexity index is 703. The van der Waals surface area contributed by atoms with Gasteiger partial charge in [-0.05, 0) is 12.1 Å². The van der Waals surface area contributed by atoms with Crippen LogP contribution in [-0.2, 0) is 12.8 Å². The highest BCUT2D eigenvalue weighted by molar-refractivity contribution is 7.98. The van der Waals surface area contributed by atoms with Crippen molar-refractivity contribution in [2.75, 3.05) is 0 Å². The van der Waals surface area contributed by atoms with Crippen molar-refractivity contribution in [1.29, 1.82) is 0 Å². The van der Waals surface area contributed by atoms with Crippen molar-refractivity contribution in [3.05, 3.63) is 52.8 Å². The molecule has 3 rings (SSSR count). The van der Waals surface area contributed by atoms with Crippen LogP contribution in [0, 0.1) is 0 Å². The molecule has 20 heavy (non-hydrogen) atoms. The average Bonchev–Trinajstić information content (AvgIpc) is 3.06. The maximum atomic E-state index is 5.90. The van der Waals surface area contributed by atoms with E-state index >= 15 is 0 Å². The van der Waals surface area contributed by atoms with Crippen molar-refractivity contribution in [3.8, 4) is 10.6 Å². The lowest BCUT2D eigenvalue weighted by atomic mass is 10.2. The Kier molecular flexibility index (Phi) is 4.10. The molecular formula is C14H12ClN3S2. The van der Waals surface area contributed by atoms with Crippen molar-refractivity contribution < 1.29 is 0 Å². The van der Waals surface area contributed by atoms with Crippen LogP contribution in [0.1, 0.15) is 5.69 Å². The molecule has 2 heterocycles. The van der Waals surface area contributed by atoms with Gasteiger partial charge in [-0.2, -0.15) is 0 Å². The molecule has 0 spiro atoms. The Morgan fingerprint density at radius 2 is 2.10 bits per heavy atom. The molecule has 0 saturated carbocycles. The number of thioether (sulfide) groups is 1. The van der Waals surface area contributed by atoms with Crippen LogP contribution in [0.4, 0.5) is 0 Å². The first-order valence-corrected chi connectivity index (χ1v) is 8.27. The Morgan fingerprint density at radius 1 is 1.30 bits per heavy atom. The molecular weight excluding hydrogens is 310 g/mol. The Hall–Kier alpha value is -1.30. The minimum absolute atomic E-state index is 0.746. The second-order valence-corrected chi connectivity index (χ2v) is 6.50. The third kappa shape index (κ3) is 3.06. The van der Waals surface area contributed by atoms with Gasteiger partial charge in [-0.15, -0.1) is 11.3 Å². The van der Waals surface area contributed by atoms with E-state index in [2.05, 4.69) is 15.3 Å². The molecule has 3 nitrogen and oxygen atoms in total. The minimum Gasteiger partial charge on any atom is -0.329 e. The summed E-state index contributed by atoms with van der Waals surface area (Å²) in [5.41, 5.74) is 2.18. The minimum atomic E-state index is 0.746. The van der Waals surface area contributed by atoms with E-state index in [0.717, 1.165) is 32.2 Å². The number of aromatic nitrogens is 3. The van der Waals surface area contributed by atoms with E-state index < -0.39 is 0 Å². The highest BCUT2D eigenvalue weighted by Gasteiger charge is 2.07. The zero-order valence-electron chi connectivity index (χ0n) is 10.8. The molecule has 102 valence electrons. The van der Waals surface area contributed by atoms with Crippen molar-refractivity contribution in [2.45, 2.75) is 10.9 Å². The van der Waals surface area contributed by atoms with Crippen molar-refractivity contribution in [1.82, 2.24) is 14.5 Å². The van der Waals surface area contributed by atoms with Gasteiger partial charge < -0.3 is 4.57 Å². The molecule has 3 aromatic rings. The number of halogens is 1. The monoisotopic (exact) mass is 321 g/mol. The Balaban J connectivity index is 1.71. The number of imidazole rings is 1. The van der Waals surface area contributed by atoms with Crippen LogP contribution in [0.25, 0.3) is 10.6 Å². The van der Waals surface area contributed by atoms with E-state index in [0.29, 0.717) is 0 Å². The zero-order valence-corrected chi connectivity index (χ0v) is 13.2. The van der Waals surface area contributed by atoms with Gasteiger partial charge in [0.05, 0.1) is 5.69 Å². The van der Waals surface area contributed by atoms with Crippen LogP contribution in [-0.4, -0.2) is 14.5 Å². The molecule has 1 aromatic carbocycles. The molecule has 0 aliphatic carbocycles. The molecule has 0 bridgehead atoms. The summed E-state index contributed by atoms with van der Waals surface area (Å²) >= 11 is 9.24. The van der Waals surface area contributed by atoms with Crippen LogP contribution in [0.2, 0.25) is 5.02 Å². The molecule has 0 amide bonds. The van der Waals surface area contributed by atoms with Gasteiger partial charge in [0.1, 0.15) is 5.01 Å². The SMILES string of the molecule is Cn1ccnc1SCc1csc(-c2ccc(Cl)cc2)n1. The Morgan fingerprint density at radius 3 is 2.80 bits per heavy atom. The smallest absolute Gasteiger partial charge is 0.168 e. The molecule has 2 aromatic heterocycles. The summed E-state index contributed by atoms with van der Waals surface area (Å²) in [4.78, 5) is 8.95. The first-order valence-electron chi connectivity index (χ1n) is 6.03. The number of thiazole rings is 1. The summed E-state index contributed by atoms with van der Waals surface area (Å²) in [7, 11) is 2.00. The van der Waals surface area contributed by atoms with Crippen LogP contribution in [0.3, 0.4) is 0 Å². The summed E-state index contributed by atoms with van der Waals surface area (Å²) in [6.45, 7) is 0. The van der Waals surface area contributed by atoms with Gasteiger partial charge in [0, 0.05) is 41.2 Å². The predicted molar refractivity (Wildman–Crippen MR) is 85.3 cm³/mol. The zero-order chi connectivity index (χ0) is 13.9. The van der Waals surface area contributed by atoms with Gasteiger partial charge in [0.15, 0.2) is 5.16 Å². The second-order valence-electron chi connectivity index (χ2n) is 4.26. The average molecular weight is 322 g/mol. The Labute approximate surface area is 130 Å². The lowest BCUT2D eigenvalue weighted by molar-refractivity contribution is 0.789. The van der Waals surface area contributed by atoms with Gasteiger partial charge in [-0.1, -0.05) is 35.5 Å². The van der Waals surface area contributed by atoms with Crippen molar-refractivity contribution >= 4 is 34.7 Å². The number of hydrogen-bond donors (Lipinski definition) is 0. The third-order valence-corrected chi connectivity index (χ3v) is 5.05. The fourth-order valence-electron chi connectivity index (χ4n) is 1.73. The largest absolute Gasteiger partial charge is 0.329 e. The maximum absolute atomic E-state index is 5.90. The van der Waals surface area contributed by atoms with E-state index in [1.54, 1.807) is 23.1 Å². The fourth-order valence-corrected chi connectivity index (χ4v) is 3.61. The molecule has 0 N–H and O–H groups in total. The summed E-state index contributed by atoms with van der Waals surface area (Å²) < 4.78 is 2.01. The topological polar surface area (TPSA) is 30.7 Å². The van der Waals surface area contributed by atoms with Gasteiger partial charge >= 0.3 is 0 Å². The standard InChI is InChI=1S/C14H12ClN3S2/c1-18-7-6-16-14(18)20-9-12-8-19-13(17-12)10-2-4-11(15)5-3-10/h2-8H,9H2,1H3. The third-order valence-electron chi connectivity index (χ3n) is 2.77. The maximum Gasteiger partial charge on any atom is 0.168 e. The van der Waals surface area contributed by atoms with E-state index in [1.807, 2.05) is 48.3 Å². The number of nitrogens with zero attached hydrogens (tertiary/aromatic N) is 3. The molecule has 0 fully saturated rings. The summed E-state index contributed by atoms with van der Waals surface area (Å²) in [5.74, 6) is 0.828. The molecule has 0 unspecified atom stereocenters. The van der Waals surface area contributed by atoms with Crippen molar-refractivity contribution in [3.63, 3.8) is 0 Å². The first kappa shape index (κ1) is 13.7. The summed E-state index contributed by atoms with van der Waals surface area (Å²) in [6.07, 6.45) is 3.76. The summed E-state index contributed by atoms with van der Waals surface area (Å²) in [5, 5.41) is 4.87. The fraction of sp³-hybridized carbons (Fsp3) is 0.143. The second kappa shape index (κ2) is 5.99. The van der Waals surface area contributed by atoms with E-state index in [4.69, 9.17) is 11.6 Å². The molecule has 6 heteroatoms. The lowest BCUT2D eigenvalue weighted by Crippen LogP contribution is -1.90. The van der Waals surface area contributed by atoms with Gasteiger partial charge in [-0.25, -0.2) is 9.97 Å². The molecule has 0 aliphatic rings. The van der Waals surface area contributed by atoms with E-state index in [1.165, 1.54) is 0 Å². The number of hydrogen-bond acceptors (Lipinski definition) is 4. The number of benzene rings is 1. The van der Waals surface area contributed by atoms with E-state index in [-0.39, 0.29) is 0 Å². The van der Waals surface area contributed by atoms with Crippen molar-refractivity contribution in [2.24, 2.45) is 7.05 Å². The quantitative estimate of drug-likeness (QED) is 0.663. The lowest BCUT2D eigenvalue weighted by Gasteiger charge is -1.99. The summed E-state index contributed by atoms with van der Waals surface area (Å²) in [6, 6.07) is 7.77. The number of rotatable bonds is 4. The van der Waals surface area contributed by atoms with Crippen LogP contribution >= 0.6 is 34.7 Å². The van der Waals surface area contributed by atoms with E-state index in [9.17, 15) is 0 Å². The van der Waals surface area contributed by atoms with Crippen LogP contribution < -0.4 is 0 Å². The molecule has 0 radical (unpaired) electrons. The van der Waals surface area contributed by atoms with Crippen LogP contribution in [0.5, 0.6) is 0 Å². The van der Waals surface area contributed by atoms with Gasteiger partial charge in [-0.3, -0.25) is 0 Å². The number of aryl methyl sites for hydroxylation is 1. The predicted octanol–water partition coefficient (Wildman–Crippen LogP) is 4.49. The van der Waals surface area contributed by atoms with Gasteiger partial charge in [0.25, 0.3) is 0 Å². The molecule has 0 saturated heterocycles. The molecule has 0 atom stereocenters. The first-order chi connectivity index (χ1) is 9.72. The molecule has 0 aliphatic heterocycles.